The molecular formula is C22H26FN3O4. The van der Waals surface area contributed by atoms with Gasteiger partial charge in [-0.25, -0.2) is 13.9 Å². The van der Waals surface area contributed by atoms with Crippen molar-refractivity contribution < 1.29 is 23.8 Å². The zero-order valence-corrected chi connectivity index (χ0v) is 17.4. The Morgan fingerprint density at radius 2 is 1.97 bits per heavy atom. The smallest absolute Gasteiger partial charge is 0.410 e. The Morgan fingerprint density at radius 1 is 1.27 bits per heavy atom. The summed E-state index contributed by atoms with van der Waals surface area (Å²) < 4.78 is 20.5. The van der Waals surface area contributed by atoms with E-state index in [-0.39, 0.29) is 18.3 Å². The van der Waals surface area contributed by atoms with E-state index < -0.39 is 23.1 Å². The molecule has 1 aromatic heterocycles. The van der Waals surface area contributed by atoms with Gasteiger partial charge in [-0.05, 0) is 75.8 Å². The average Bonchev–Trinajstić information content (AvgIpc) is 3.07. The van der Waals surface area contributed by atoms with Gasteiger partial charge in [0.25, 0.3) is 0 Å². The molecule has 1 amide bonds. The lowest BCUT2D eigenvalue weighted by molar-refractivity contribution is -0.157. The molecule has 30 heavy (non-hydrogen) atoms. The number of ether oxygens (including phenoxy) is 1. The molecule has 0 saturated carbocycles. The van der Waals surface area contributed by atoms with Crippen LogP contribution in [-0.4, -0.2) is 50.5 Å². The van der Waals surface area contributed by atoms with Gasteiger partial charge in [0.05, 0.1) is 17.3 Å². The van der Waals surface area contributed by atoms with Gasteiger partial charge in [-0.3, -0.25) is 4.79 Å². The number of aliphatic carboxylic acids is 1. The molecule has 0 unspecified atom stereocenters. The third-order valence-electron chi connectivity index (χ3n) is 6.05. The van der Waals surface area contributed by atoms with E-state index in [2.05, 4.69) is 5.10 Å². The first-order valence-corrected chi connectivity index (χ1v) is 10.1. The van der Waals surface area contributed by atoms with Crippen LogP contribution in [0.25, 0.3) is 5.69 Å². The van der Waals surface area contributed by atoms with Crippen molar-refractivity contribution in [2.75, 3.05) is 13.1 Å². The van der Waals surface area contributed by atoms with E-state index in [1.165, 1.54) is 17.0 Å². The van der Waals surface area contributed by atoms with Crippen molar-refractivity contribution in [2.24, 2.45) is 11.3 Å². The average molecular weight is 415 g/mol. The molecule has 0 bridgehead atoms. The zero-order valence-electron chi connectivity index (χ0n) is 17.4. The maximum absolute atomic E-state index is 13.3. The van der Waals surface area contributed by atoms with Crippen LogP contribution < -0.4 is 0 Å². The van der Waals surface area contributed by atoms with Crippen molar-refractivity contribution in [3.05, 3.63) is 47.5 Å². The lowest BCUT2D eigenvalue weighted by Gasteiger charge is -2.47. The highest BCUT2D eigenvalue weighted by atomic mass is 19.1. The van der Waals surface area contributed by atoms with Gasteiger partial charge in [0.15, 0.2) is 0 Å². The van der Waals surface area contributed by atoms with Gasteiger partial charge in [-0.15, -0.1) is 0 Å². The van der Waals surface area contributed by atoms with E-state index in [0.717, 1.165) is 16.9 Å². The first kappa shape index (κ1) is 20.4. The molecule has 1 N–H and O–H groups in total. The summed E-state index contributed by atoms with van der Waals surface area (Å²) >= 11 is 0. The minimum Gasteiger partial charge on any atom is -0.481 e. The molecule has 160 valence electrons. The van der Waals surface area contributed by atoms with Crippen molar-refractivity contribution in [1.29, 1.82) is 0 Å². The predicted octanol–water partition coefficient (Wildman–Crippen LogP) is 3.44. The Bertz CT molecular complexity index is 979. The predicted molar refractivity (Wildman–Crippen MR) is 107 cm³/mol. The van der Waals surface area contributed by atoms with E-state index in [4.69, 9.17) is 4.74 Å². The molecule has 1 aromatic carbocycles. The number of rotatable bonds is 2. The summed E-state index contributed by atoms with van der Waals surface area (Å²) in [6.07, 6.45) is 2.62. The summed E-state index contributed by atoms with van der Waals surface area (Å²) in [4.78, 5) is 26.5. The van der Waals surface area contributed by atoms with Crippen molar-refractivity contribution in [1.82, 2.24) is 14.7 Å². The molecule has 0 spiro atoms. The van der Waals surface area contributed by atoms with Crippen LogP contribution in [0, 0.1) is 17.2 Å². The fraction of sp³-hybridized carbons (Fsp3) is 0.500. The van der Waals surface area contributed by atoms with Crippen LogP contribution in [0.4, 0.5) is 9.18 Å². The molecule has 0 radical (unpaired) electrons. The van der Waals surface area contributed by atoms with Crippen LogP contribution in [0.3, 0.4) is 0 Å². The number of amides is 1. The number of carbonyl (C=O) groups excluding carboxylic acids is 1. The minimum atomic E-state index is -1.07. The van der Waals surface area contributed by atoms with E-state index in [1.807, 2.05) is 0 Å². The highest BCUT2D eigenvalue weighted by molar-refractivity contribution is 5.78. The summed E-state index contributed by atoms with van der Waals surface area (Å²) in [5, 5.41) is 14.6. The van der Waals surface area contributed by atoms with Crippen LogP contribution >= 0.6 is 0 Å². The molecule has 4 rings (SSSR count). The van der Waals surface area contributed by atoms with E-state index in [1.54, 1.807) is 43.8 Å². The second-order valence-electron chi connectivity index (χ2n) is 9.23. The first-order chi connectivity index (χ1) is 14.1. The normalized spacial score (nSPS) is 23.5. The zero-order chi connectivity index (χ0) is 21.7. The van der Waals surface area contributed by atoms with Gasteiger partial charge in [-0.2, -0.15) is 5.10 Å². The number of halogens is 1. The number of hydrogen-bond acceptors (Lipinski definition) is 4. The SMILES string of the molecule is CC(C)(C)OC(=O)N1CC[C@H]2Cc3c(cnn3-c3ccc(F)cc3)C[C@]2(C(=O)O)C1. The number of aromatic nitrogens is 2. The van der Waals surface area contributed by atoms with Gasteiger partial charge in [0, 0.05) is 18.8 Å². The van der Waals surface area contributed by atoms with Crippen molar-refractivity contribution in [3.8, 4) is 5.69 Å². The summed E-state index contributed by atoms with van der Waals surface area (Å²) in [5.74, 6) is -1.35. The van der Waals surface area contributed by atoms with E-state index in [0.29, 0.717) is 25.8 Å². The lowest BCUT2D eigenvalue weighted by atomic mass is 9.62. The molecular weight excluding hydrogens is 389 g/mol. The molecule has 2 atom stereocenters. The van der Waals surface area contributed by atoms with Crippen LogP contribution in [0.5, 0.6) is 0 Å². The number of hydrogen-bond donors (Lipinski definition) is 1. The maximum Gasteiger partial charge on any atom is 0.410 e. The monoisotopic (exact) mass is 415 g/mol. The van der Waals surface area contributed by atoms with Crippen molar-refractivity contribution >= 4 is 12.1 Å². The third-order valence-corrected chi connectivity index (χ3v) is 6.05. The summed E-state index contributed by atoms with van der Waals surface area (Å²) in [5.41, 5.74) is 0.837. The number of carboxylic acid groups (broad SMARTS) is 1. The lowest BCUT2D eigenvalue weighted by Crippen LogP contribution is -2.58. The van der Waals surface area contributed by atoms with Crippen molar-refractivity contribution in [3.63, 3.8) is 0 Å². The number of carboxylic acids is 1. The largest absolute Gasteiger partial charge is 0.481 e. The fourth-order valence-electron chi connectivity index (χ4n) is 4.59. The fourth-order valence-corrected chi connectivity index (χ4v) is 4.59. The third kappa shape index (κ3) is 3.55. The molecule has 2 aromatic rings. The summed E-state index contributed by atoms with van der Waals surface area (Å²) in [6, 6.07) is 6.08. The molecule has 8 heteroatoms. The highest BCUT2D eigenvalue weighted by Gasteiger charge is 2.54. The number of benzene rings is 1. The topological polar surface area (TPSA) is 84.7 Å². The van der Waals surface area contributed by atoms with Crippen molar-refractivity contribution in [2.45, 2.75) is 45.6 Å². The van der Waals surface area contributed by atoms with Crippen LogP contribution in [0.2, 0.25) is 0 Å². The molecule has 1 fully saturated rings. The van der Waals surface area contributed by atoms with Crippen LogP contribution in [0.15, 0.2) is 30.5 Å². The van der Waals surface area contributed by atoms with Crippen LogP contribution in [-0.2, 0) is 22.4 Å². The molecule has 1 aliphatic heterocycles. The molecule has 7 nitrogen and oxygen atoms in total. The molecule has 2 heterocycles. The number of fused-ring (bicyclic) bond motifs is 2. The van der Waals surface area contributed by atoms with Gasteiger partial charge in [0.2, 0.25) is 0 Å². The van der Waals surface area contributed by atoms with Gasteiger partial charge >= 0.3 is 12.1 Å². The van der Waals surface area contributed by atoms with Gasteiger partial charge < -0.3 is 14.7 Å². The Labute approximate surface area is 174 Å². The number of piperidine rings is 1. The van der Waals surface area contributed by atoms with E-state index >= 15 is 0 Å². The highest BCUT2D eigenvalue weighted by Crippen LogP contribution is 2.46. The Hall–Kier alpha value is -2.90. The minimum absolute atomic E-state index is 0.114. The molecule has 2 aliphatic rings. The first-order valence-electron chi connectivity index (χ1n) is 10.1. The number of carbonyl (C=O) groups is 2. The van der Waals surface area contributed by atoms with Gasteiger partial charge in [-0.1, -0.05) is 0 Å². The quantitative estimate of drug-likeness (QED) is 0.812. The maximum atomic E-state index is 13.3. The van der Waals surface area contributed by atoms with Gasteiger partial charge in [0.1, 0.15) is 11.4 Å². The standard InChI is InChI=1S/C22H26FN3O4/c1-21(2,3)30-20(29)25-9-8-15-10-18-14(11-22(15,13-25)19(27)28)12-24-26(18)17-6-4-16(23)5-7-17/h4-7,12,15H,8-11,13H2,1-3H3,(H,27,28)/t15-,22-/m0/s1. The second kappa shape index (κ2) is 7.11. The Morgan fingerprint density at radius 3 is 2.60 bits per heavy atom. The number of likely N-dealkylation sites (tertiary alicyclic amines) is 1. The molecule has 1 saturated heterocycles. The van der Waals surface area contributed by atoms with E-state index in [9.17, 15) is 19.1 Å². The Balaban J connectivity index is 1.64. The summed E-state index contributed by atoms with van der Waals surface area (Å²) in [6.45, 7) is 5.95. The number of nitrogens with zero attached hydrogens (tertiary/aromatic N) is 3. The Kier molecular flexibility index (Phi) is 4.83. The second-order valence-corrected chi connectivity index (χ2v) is 9.23. The van der Waals surface area contributed by atoms with Crippen LogP contribution in [0.1, 0.15) is 38.4 Å². The summed E-state index contributed by atoms with van der Waals surface area (Å²) in [7, 11) is 0. The molecule has 1 aliphatic carbocycles.